The van der Waals surface area contributed by atoms with Crippen LogP contribution in [0.1, 0.15) is 243 Å². The third kappa shape index (κ3) is 20.5. The smallest absolute Gasteiger partial charge is 0.336 e. The van der Waals surface area contributed by atoms with E-state index in [1.165, 1.54) is 77.0 Å². The molecule has 0 heterocycles. The summed E-state index contributed by atoms with van der Waals surface area (Å²) in [5, 5.41) is 31.7. The summed E-state index contributed by atoms with van der Waals surface area (Å²) >= 11 is 0. The lowest BCUT2D eigenvalue weighted by Gasteiger charge is -2.22. The minimum absolute atomic E-state index is 0.0580. The minimum Gasteiger partial charge on any atom is -0.478 e. The number of carboxylic acid groups (broad SMARTS) is 3. The van der Waals surface area contributed by atoms with Crippen molar-refractivity contribution in [1.82, 2.24) is 0 Å². The zero-order valence-corrected chi connectivity index (χ0v) is 33.9. The average molecular weight is 715 g/mol. The molecule has 0 aliphatic carbocycles. The van der Waals surface area contributed by atoms with Gasteiger partial charge in [0.15, 0.2) is 0 Å². The second-order valence-corrected chi connectivity index (χ2v) is 16.7. The lowest BCUT2D eigenvalue weighted by atomic mass is 9.81. The molecule has 1 rings (SSSR count). The standard InChI is InChI=1S/C45H78O6/c1-34(2)28-22-16-10-7-13-19-25-31-37-40(43(46)47)38(32-26-20-14-8-11-17-23-29-35(3)4)42(45(50)51)39(41(37)44(48)49)33-27-21-15-9-12-18-24-30-36(5)6/h34-36H,7-33H2,1-6H3,(H,46,47)(H,48,49)(H,50,51). The molecule has 0 aromatic heterocycles. The van der Waals surface area contributed by atoms with Crippen LogP contribution in [-0.2, 0) is 19.3 Å². The summed E-state index contributed by atoms with van der Waals surface area (Å²) in [4.78, 5) is 38.8. The molecule has 0 unspecified atom stereocenters. The van der Waals surface area contributed by atoms with Gasteiger partial charge in [-0.2, -0.15) is 0 Å². The summed E-state index contributed by atoms with van der Waals surface area (Å²) in [5.41, 5.74) is 0.860. The van der Waals surface area contributed by atoms with E-state index in [9.17, 15) is 29.7 Å². The number of rotatable bonds is 33. The number of carbonyl (C=O) groups is 3. The number of hydrogen-bond donors (Lipinski definition) is 3. The SMILES string of the molecule is CC(C)CCCCCCCCCc1c(C(=O)O)c(CCCCCCCCCC(C)C)c(C(=O)O)c(CCCCCCCCCC(C)C)c1C(=O)O. The molecule has 6 heteroatoms. The maximum Gasteiger partial charge on any atom is 0.336 e. The monoisotopic (exact) mass is 715 g/mol. The van der Waals surface area contributed by atoms with Gasteiger partial charge in [-0.25, -0.2) is 14.4 Å². The van der Waals surface area contributed by atoms with Gasteiger partial charge in [-0.15, -0.1) is 0 Å². The Bertz CT molecular complexity index is 959. The molecule has 1 aromatic carbocycles. The van der Waals surface area contributed by atoms with Crippen molar-refractivity contribution >= 4 is 17.9 Å². The molecule has 1 aromatic rings. The number of carboxylic acids is 3. The van der Waals surface area contributed by atoms with E-state index in [-0.39, 0.29) is 16.7 Å². The fourth-order valence-corrected chi connectivity index (χ4v) is 7.66. The van der Waals surface area contributed by atoms with Crippen molar-refractivity contribution in [3.05, 3.63) is 33.4 Å². The molecule has 0 amide bonds. The highest BCUT2D eigenvalue weighted by Gasteiger charge is 2.32. The molecule has 0 bridgehead atoms. The van der Waals surface area contributed by atoms with E-state index < -0.39 is 17.9 Å². The first kappa shape index (κ1) is 46.7. The molecule has 294 valence electrons. The minimum atomic E-state index is -1.20. The Morgan fingerprint density at radius 1 is 0.333 bits per heavy atom. The highest BCUT2D eigenvalue weighted by atomic mass is 16.4. The molecule has 6 nitrogen and oxygen atoms in total. The van der Waals surface area contributed by atoms with Crippen LogP contribution in [0.4, 0.5) is 0 Å². The first-order valence-corrected chi connectivity index (χ1v) is 21.3. The number of unbranched alkanes of at least 4 members (excludes halogenated alkanes) is 18. The zero-order chi connectivity index (χ0) is 38.0. The molecule has 0 spiro atoms. The van der Waals surface area contributed by atoms with Crippen LogP contribution in [0.25, 0.3) is 0 Å². The predicted octanol–water partition coefficient (Wildman–Crippen LogP) is 13.7. The average Bonchev–Trinajstić information content (AvgIpc) is 3.04. The molecular weight excluding hydrogens is 636 g/mol. The molecule has 0 radical (unpaired) electrons. The van der Waals surface area contributed by atoms with Crippen LogP contribution < -0.4 is 0 Å². The first-order valence-electron chi connectivity index (χ1n) is 21.3. The Balaban J connectivity index is 3.18. The van der Waals surface area contributed by atoms with Crippen molar-refractivity contribution in [2.24, 2.45) is 17.8 Å². The Hall–Kier alpha value is -2.37. The topological polar surface area (TPSA) is 112 Å². The Morgan fingerprint density at radius 3 is 0.686 bits per heavy atom. The normalized spacial score (nSPS) is 11.7. The number of hydrogen-bond acceptors (Lipinski definition) is 3. The van der Waals surface area contributed by atoms with Gasteiger partial charge in [-0.1, -0.05) is 176 Å². The van der Waals surface area contributed by atoms with Crippen molar-refractivity contribution in [3.63, 3.8) is 0 Å². The third-order valence-electron chi connectivity index (χ3n) is 10.6. The van der Waals surface area contributed by atoms with Gasteiger partial charge >= 0.3 is 17.9 Å². The van der Waals surface area contributed by atoms with E-state index in [2.05, 4.69) is 41.5 Å². The lowest BCUT2D eigenvalue weighted by Crippen LogP contribution is -2.22. The summed E-state index contributed by atoms with van der Waals surface area (Å²) in [5.74, 6) is -1.42. The molecule has 0 atom stereocenters. The van der Waals surface area contributed by atoms with Gasteiger partial charge in [0.05, 0.1) is 16.7 Å². The first-order chi connectivity index (χ1) is 24.4. The van der Waals surface area contributed by atoms with Crippen LogP contribution >= 0.6 is 0 Å². The molecule has 3 N–H and O–H groups in total. The Labute approximate surface area is 313 Å². The van der Waals surface area contributed by atoms with Crippen LogP contribution in [0.3, 0.4) is 0 Å². The molecule has 0 fully saturated rings. The maximum absolute atomic E-state index is 12.9. The lowest BCUT2D eigenvalue weighted by molar-refractivity contribution is 0.0693. The number of benzene rings is 1. The van der Waals surface area contributed by atoms with Crippen LogP contribution in [0, 0.1) is 17.8 Å². The molecule has 0 aliphatic heterocycles. The van der Waals surface area contributed by atoms with Crippen molar-refractivity contribution in [3.8, 4) is 0 Å². The summed E-state index contributed by atoms with van der Waals surface area (Å²) in [6.45, 7) is 13.5. The van der Waals surface area contributed by atoms with Crippen molar-refractivity contribution in [2.45, 2.75) is 215 Å². The van der Waals surface area contributed by atoms with Crippen molar-refractivity contribution in [1.29, 1.82) is 0 Å². The largest absolute Gasteiger partial charge is 0.478 e. The van der Waals surface area contributed by atoms with Gasteiger partial charge in [-0.05, 0) is 73.0 Å². The fraction of sp³-hybridized carbons (Fsp3) is 0.800. The summed E-state index contributed by atoms with van der Waals surface area (Å²) < 4.78 is 0. The number of aromatic carboxylic acids is 3. The van der Waals surface area contributed by atoms with Gasteiger partial charge in [-0.3, -0.25) is 0 Å². The maximum atomic E-state index is 12.9. The molecule has 0 saturated heterocycles. The third-order valence-corrected chi connectivity index (χ3v) is 10.6. The van der Waals surface area contributed by atoms with Crippen LogP contribution in [-0.4, -0.2) is 33.2 Å². The van der Waals surface area contributed by atoms with Crippen molar-refractivity contribution in [2.75, 3.05) is 0 Å². The fourth-order valence-electron chi connectivity index (χ4n) is 7.66. The molecule has 0 saturated carbocycles. The van der Waals surface area contributed by atoms with Crippen LogP contribution in [0.5, 0.6) is 0 Å². The quantitative estimate of drug-likeness (QED) is 0.0625. The van der Waals surface area contributed by atoms with E-state index in [1.807, 2.05) is 0 Å². The molecule has 0 aliphatic rings. The van der Waals surface area contributed by atoms with E-state index in [0.717, 1.165) is 75.5 Å². The highest BCUT2D eigenvalue weighted by molar-refractivity contribution is 6.05. The van der Waals surface area contributed by atoms with E-state index in [0.29, 0.717) is 55.2 Å². The summed E-state index contributed by atoms with van der Waals surface area (Å²) in [6, 6.07) is 0. The second-order valence-electron chi connectivity index (χ2n) is 16.7. The summed E-state index contributed by atoms with van der Waals surface area (Å²) in [6.07, 6.45) is 27.1. The van der Waals surface area contributed by atoms with E-state index >= 15 is 0 Å². The van der Waals surface area contributed by atoms with E-state index in [1.54, 1.807) is 0 Å². The van der Waals surface area contributed by atoms with Gasteiger partial charge in [0.25, 0.3) is 0 Å². The predicted molar refractivity (Wildman–Crippen MR) is 214 cm³/mol. The molecule has 51 heavy (non-hydrogen) atoms. The second kappa shape index (κ2) is 28.2. The summed E-state index contributed by atoms with van der Waals surface area (Å²) in [7, 11) is 0. The zero-order valence-electron chi connectivity index (χ0n) is 33.9. The van der Waals surface area contributed by atoms with Gasteiger partial charge < -0.3 is 15.3 Å². The van der Waals surface area contributed by atoms with Gasteiger partial charge in [0.1, 0.15) is 0 Å². The van der Waals surface area contributed by atoms with Crippen LogP contribution in [0.2, 0.25) is 0 Å². The highest BCUT2D eigenvalue weighted by Crippen LogP contribution is 2.34. The van der Waals surface area contributed by atoms with Crippen molar-refractivity contribution < 1.29 is 29.7 Å². The van der Waals surface area contributed by atoms with Crippen LogP contribution in [0.15, 0.2) is 0 Å². The van der Waals surface area contributed by atoms with Gasteiger partial charge in [0, 0.05) is 0 Å². The van der Waals surface area contributed by atoms with Gasteiger partial charge in [0.2, 0.25) is 0 Å². The Morgan fingerprint density at radius 2 is 0.510 bits per heavy atom. The Kier molecular flexibility index (Phi) is 25.8. The van der Waals surface area contributed by atoms with E-state index in [4.69, 9.17) is 0 Å². The molecular formula is C45H78O6.